The first kappa shape index (κ1) is 17.5. The van der Waals surface area contributed by atoms with Crippen molar-refractivity contribution >= 4 is 22.9 Å². The number of para-hydroxylation sites is 1. The number of carbonyl (C=O) groups is 1. The van der Waals surface area contributed by atoms with Crippen LogP contribution in [0.3, 0.4) is 0 Å². The molecule has 0 radical (unpaired) electrons. The second-order valence-electron chi connectivity index (χ2n) is 6.49. The van der Waals surface area contributed by atoms with E-state index in [9.17, 15) is 9.90 Å². The first-order valence-corrected chi connectivity index (χ1v) is 8.92. The zero-order valence-corrected chi connectivity index (χ0v) is 15.3. The minimum Gasteiger partial charge on any atom is -0.507 e. The number of carbonyl (C=O) groups excluding carboxylic acids is 1. The van der Waals surface area contributed by atoms with E-state index < -0.39 is 5.91 Å². The van der Waals surface area contributed by atoms with Crippen molar-refractivity contribution in [1.82, 2.24) is 9.99 Å². The van der Waals surface area contributed by atoms with E-state index in [1.807, 2.05) is 78.2 Å². The molecule has 5 heteroatoms. The van der Waals surface area contributed by atoms with Crippen LogP contribution in [-0.2, 0) is 0 Å². The molecule has 4 aromatic rings. The number of nitrogens with zero attached hydrogens (tertiary/aromatic N) is 2. The number of benzene rings is 3. The van der Waals surface area contributed by atoms with E-state index in [4.69, 9.17) is 0 Å². The van der Waals surface area contributed by atoms with Gasteiger partial charge in [0.2, 0.25) is 0 Å². The van der Waals surface area contributed by atoms with Gasteiger partial charge in [-0.05, 0) is 54.1 Å². The van der Waals surface area contributed by atoms with E-state index in [1.165, 1.54) is 0 Å². The van der Waals surface area contributed by atoms with E-state index in [0.717, 1.165) is 27.8 Å². The number of aryl methyl sites for hydroxylation is 1. The quantitative estimate of drug-likeness (QED) is 0.413. The smallest absolute Gasteiger partial charge is 0.275 e. The van der Waals surface area contributed by atoms with Crippen molar-refractivity contribution in [2.24, 2.45) is 5.10 Å². The Morgan fingerprint density at radius 3 is 2.39 bits per heavy atom. The van der Waals surface area contributed by atoms with Gasteiger partial charge in [-0.1, -0.05) is 42.5 Å². The highest BCUT2D eigenvalue weighted by Crippen LogP contribution is 2.24. The van der Waals surface area contributed by atoms with Crippen LogP contribution in [0.5, 0.6) is 5.75 Å². The molecule has 0 atom stereocenters. The molecule has 0 unspecified atom stereocenters. The van der Waals surface area contributed by atoms with E-state index in [0.29, 0.717) is 0 Å². The number of phenols is 1. The summed E-state index contributed by atoms with van der Waals surface area (Å²) in [6.07, 6.45) is 1.59. The molecular weight excluding hydrogens is 350 g/mol. The average Bonchev–Trinajstić information content (AvgIpc) is 3.08. The van der Waals surface area contributed by atoms with E-state index in [-0.39, 0.29) is 11.3 Å². The third-order valence-corrected chi connectivity index (χ3v) is 4.59. The van der Waals surface area contributed by atoms with Gasteiger partial charge in [-0.25, -0.2) is 5.43 Å². The topological polar surface area (TPSA) is 66.6 Å². The average molecular weight is 369 g/mol. The molecule has 3 aromatic carbocycles. The Morgan fingerprint density at radius 1 is 0.964 bits per heavy atom. The molecule has 4 rings (SSSR count). The van der Waals surface area contributed by atoms with Crippen LogP contribution in [0.2, 0.25) is 0 Å². The zero-order valence-electron chi connectivity index (χ0n) is 15.3. The molecule has 0 fully saturated rings. The van der Waals surface area contributed by atoms with Gasteiger partial charge >= 0.3 is 0 Å². The van der Waals surface area contributed by atoms with Crippen LogP contribution in [0.4, 0.5) is 0 Å². The lowest BCUT2D eigenvalue weighted by Gasteiger charge is -2.09. The standard InChI is InChI=1S/C23H19N3O2/c1-16-11-12-20(26(16)19-9-3-2-4-10-19)15-24-25-23(28)21-13-17-7-5-6-8-18(17)14-22(21)27/h2-15,27H,1H3,(H,25,28)/b24-15+. The Bertz CT molecular complexity index is 1180. The van der Waals surface area contributed by atoms with Gasteiger partial charge in [-0.2, -0.15) is 5.10 Å². The normalized spacial score (nSPS) is 11.2. The fraction of sp³-hybridized carbons (Fsp3) is 0.0435. The number of nitrogens with one attached hydrogen (secondary N) is 1. The summed E-state index contributed by atoms with van der Waals surface area (Å²) in [5, 5.41) is 16.0. The fourth-order valence-electron chi connectivity index (χ4n) is 3.22. The van der Waals surface area contributed by atoms with Crippen LogP contribution >= 0.6 is 0 Å². The molecule has 1 amide bonds. The third-order valence-electron chi connectivity index (χ3n) is 4.59. The minimum atomic E-state index is -0.464. The second-order valence-corrected chi connectivity index (χ2v) is 6.49. The summed E-state index contributed by atoms with van der Waals surface area (Å²) in [7, 11) is 0. The van der Waals surface area contributed by atoms with Gasteiger partial charge in [0.05, 0.1) is 17.5 Å². The first-order valence-electron chi connectivity index (χ1n) is 8.92. The molecule has 0 saturated carbocycles. The maximum atomic E-state index is 12.5. The molecular formula is C23H19N3O2. The Labute approximate surface area is 162 Å². The van der Waals surface area contributed by atoms with Crippen molar-refractivity contribution in [3.8, 4) is 11.4 Å². The van der Waals surface area contributed by atoms with Crippen molar-refractivity contribution in [3.05, 3.63) is 95.8 Å². The number of aromatic nitrogens is 1. The van der Waals surface area contributed by atoms with Crippen molar-refractivity contribution in [2.45, 2.75) is 6.92 Å². The predicted octanol–water partition coefficient (Wildman–Crippen LogP) is 4.41. The van der Waals surface area contributed by atoms with Crippen LogP contribution in [0.1, 0.15) is 21.7 Å². The summed E-state index contributed by atoms with van der Waals surface area (Å²) in [5.74, 6) is -0.538. The first-order chi connectivity index (χ1) is 13.6. The molecule has 138 valence electrons. The summed E-state index contributed by atoms with van der Waals surface area (Å²) in [6, 6.07) is 24.6. The van der Waals surface area contributed by atoms with Gasteiger partial charge in [0.15, 0.2) is 0 Å². The monoisotopic (exact) mass is 369 g/mol. The van der Waals surface area contributed by atoms with Gasteiger partial charge in [-0.15, -0.1) is 0 Å². The van der Waals surface area contributed by atoms with Crippen LogP contribution < -0.4 is 5.43 Å². The highest BCUT2D eigenvalue weighted by Gasteiger charge is 2.12. The molecule has 0 aliphatic heterocycles. The van der Waals surface area contributed by atoms with Gasteiger partial charge in [-0.3, -0.25) is 4.79 Å². The number of hydrazone groups is 1. The van der Waals surface area contributed by atoms with Crippen molar-refractivity contribution < 1.29 is 9.90 Å². The van der Waals surface area contributed by atoms with Gasteiger partial charge in [0.25, 0.3) is 5.91 Å². The SMILES string of the molecule is Cc1ccc(/C=N/NC(=O)c2cc3ccccc3cc2O)n1-c1ccccc1. The van der Waals surface area contributed by atoms with Crippen molar-refractivity contribution in [1.29, 1.82) is 0 Å². The van der Waals surface area contributed by atoms with E-state index in [1.54, 1.807) is 18.3 Å². The second kappa shape index (κ2) is 7.40. The van der Waals surface area contributed by atoms with Crippen LogP contribution in [0.25, 0.3) is 16.5 Å². The van der Waals surface area contributed by atoms with Crippen LogP contribution in [0.15, 0.2) is 84.0 Å². The van der Waals surface area contributed by atoms with Gasteiger partial charge in [0.1, 0.15) is 5.75 Å². The molecule has 1 heterocycles. The van der Waals surface area contributed by atoms with E-state index >= 15 is 0 Å². The Hall–Kier alpha value is -3.86. The summed E-state index contributed by atoms with van der Waals surface area (Å²) in [5.41, 5.74) is 5.60. The molecule has 0 aliphatic rings. The Balaban J connectivity index is 1.56. The summed E-state index contributed by atoms with van der Waals surface area (Å²) in [4.78, 5) is 12.5. The zero-order chi connectivity index (χ0) is 19.5. The summed E-state index contributed by atoms with van der Waals surface area (Å²) >= 11 is 0. The number of rotatable bonds is 4. The molecule has 5 nitrogen and oxygen atoms in total. The number of hydrogen-bond acceptors (Lipinski definition) is 3. The maximum absolute atomic E-state index is 12.5. The molecule has 1 aromatic heterocycles. The highest BCUT2D eigenvalue weighted by molar-refractivity contribution is 6.01. The molecule has 0 saturated heterocycles. The molecule has 0 spiro atoms. The van der Waals surface area contributed by atoms with Crippen molar-refractivity contribution in [3.63, 3.8) is 0 Å². The maximum Gasteiger partial charge on any atom is 0.275 e. The fourth-order valence-corrected chi connectivity index (χ4v) is 3.22. The van der Waals surface area contributed by atoms with Crippen LogP contribution in [0, 0.1) is 6.92 Å². The number of amides is 1. The predicted molar refractivity (Wildman–Crippen MR) is 111 cm³/mol. The number of phenolic OH excluding ortho intramolecular Hbond substituents is 1. The number of fused-ring (bicyclic) bond motifs is 1. The summed E-state index contributed by atoms with van der Waals surface area (Å²) < 4.78 is 2.04. The summed E-state index contributed by atoms with van der Waals surface area (Å²) in [6.45, 7) is 2.01. The number of aromatic hydroxyl groups is 1. The molecule has 0 aliphatic carbocycles. The van der Waals surface area contributed by atoms with Crippen molar-refractivity contribution in [2.75, 3.05) is 0 Å². The number of hydrogen-bond donors (Lipinski definition) is 2. The molecule has 0 bridgehead atoms. The lowest BCUT2D eigenvalue weighted by atomic mass is 10.1. The van der Waals surface area contributed by atoms with Gasteiger partial charge in [0, 0.05) is 11.4 Å². The van der Waals surface area contributed by atoms with Gasteiger partial charge < -0.3 is 9.67 Å². The third kappa shape index (κ3) is 3.38. The lowest BCUT2D eigenvalue weighted by molar-refractivity contribution is 0.0952. The molecule has 28 heavy (non-hydrogen) atoms. The lowest BCUT2D eigenvalue weighted by Crippen LogP contribution is -2.18. The Morgan fingerprint density at radius 2 is 1.64 bits per heavy atom. The molecule has 2 N–H and O–H groups in total. The minimum absolute atomic E-state index is 0.0742. The highest BCUT2D eigenvalue weighted by atomic mass is 16.3. The Kier molecular flexibility index (Phi) is 4.64. The van der Waals surface area contributed by atoms with Crippen LogP contribution in [-0.4, -0.2) is 21.8 Å². The largest absolute Gasteiger partial charge is 0.507 e. The van der Waals surface area contributed by atoms with E-state index in [2.05, 4.69) is 10.5 Å².